The number of thiophene rings is 1. The molecule has 0 aromatic carbocycles. The standard InChI is InChI=1S/C18H27N3O2S.ClH/c1-21(11-16(22)20-10-15-6-3-7-24-15)18(23)14-8-12-4-2-5-13(9-14)17(12)19;/h3,6-7,12-14,17H,2,4-5,8-11,19H2,1H3,(H,20,22);1H. The van der Waals surface area contributed by atoms with Crippen molar-refractivity contribution in [1.82, 2.24) is 10.2 Å². The van der Waals surface area contributed by atoms with Crippen molar-refractivity contribution in [3.63, 3.8) is 0 Å². The quantitative estimate of drug-likeness (QED) is 0.817. The highest BCUT2D eigenvalue weighted by Crippen LogP contribution is 2.42. The van der Waals surface area contributed by atoms with Crippen LogP contribution in [0.5, 0.6) is 0 Å². The maximum Gasteiger partial charge on any atom is 0.239 e. The molecule has 5 nitrogen and oxygen atoms in total. The molecule has 0 saturated heterocycles. The van der Waals surface area contributed by atoms with Crippen LogP contribution in [0.15, 0.2) is 17.5 Å². The molecule has 1 aromatic heterocycles. The fourth-order valence-electron chi connectivity index (χ4n) is 4.25. The fourth-order valence-corrected chi connectivity index (χ4v) is 4.90. The molecule has 1 heterocycles. The van der Waals surface area contributed by atoms with Gasteiger partial charge in [-0.25, -0.2) is 0 Å². The molecule has 2 saturated carbocycles. The molecule has 2 aliphatic rings. The summed E-state index contributed by atoms with van der Waals surface area (Å²) in [4.78, 5) is 27.5. The Balaban J connectivity index is 0.00000225. The van der Waals surface area contributed by atoms with Crippen molar-refractivity contribution in [3.05, 3.63) is 22.4 Å². The fraction of sp³-hybridized carbons (Fsp3) is 0.667. The number of hydrogen-bond acceptors (Lipinski definition) is 4. The van der Waals surface area contributed by atoms with E-state index in [0.29, 0.717) is 18.4 Å². The molecule has 3 N–H and O–H groups in total. The minimum atomic E-state index is -0.105. The highest BCUT2D eigenvalue weighted by Gasteiger charge is 2.41. The van der Waals surface area contributed by atoms with E-state index in [2.05, 4.69) is 5.32 Å². The van der Waals surface area contributed by atoms with Crippen LogP contribution in [0.2, 0.25) is 0 Å². The molecule has 2 fully saturated rings. The van der Waals surface area contributed by atoms with Crippen LogP contribution < -0.4 is 11.1 Å². The molecule has 7 heteroatoms. The van der Waals surface area contributed by atoms with E-state index in [-0.39, 0.29) is 42.7 Å². The third kappa shape index (κ3) is 4.96. The minimum absolute atomic E-state index is 0. The summed E-state index contributed by atoms with van der Waals surface area (Å²) >= 11 is 1.62. The lowest BCUT2D eigenvalue weighted by atomic mass is 9.65. The van der Waals surface area contributed by atoms with Gasteiger partial charge in [-0.05, 0) is 49.0 Å². The van der Waals surface area contributed by atoms with Crippen LogP contribution in [0.1, 0.15) is 37.0 Å². The third-order valence-corrected chi connectivity index (χ3v) is 6.44. The number of carbonyl (C=O) groups excluding carboxylic acids is 2. The Morgan fingerprint density at radius 2 is 2.00 bits per heavy atom. The summed E-state index contributed by atoms with van der Waals surface area (Å²) in [5.41, 5.74) is 6.30. The Labute approximate surface area is 159 Å². The molecule has 1 aromatic rings. The summed E-state index contributed by atoms with van der Waals surface area (Å²) in [6, 6.07) is 4.22. The molecule has 2 atom stereocenters. The van der Waals surface area contributed by atoms with Crippen LogP contribution in [0, 0.1) is 17.8 Å². The van der Waals surface area contributed by atoms with Gasteiger partial charge in [0.05, 0.1) is 13.1 Å². The number of fused-ring (bicyclic) bond motifs is 2. The molecule has 3 rings (SSSR count). The highest BCUT2D eigenvalue weighted by molar-refractivity contribution is 7.09. The average molecular weight is 386 g/mol. The number of nitrogens with one attached hydrogen (secondary N) is 1. The van der Waals surface area contributed by atoms with E-state index in [1.807, 2.05) is 17.5 Å². The first kappa shape index (κ1) is 20.2. The van der Waals surface area contributed by atoms with E-state index < -0.39 is 0 Å². The van der Waals surface area contributed by atoms with Gasteiger partial charge in [0.25, 0.3) is 0 Å². The number of nitrogens with zero attached hydrogens (tertiary/aromatic N) is 1. The van der Waals surface area contributed by atoms with Crippen molar-refractivity contribution in [2.75, 3.05) is 13.6 Å². The van der Waals surface area contributed by atoms with Crippen LogP contribution in [-0.2, 0) is 16.1 Å². The van der Waals surface area contributed by atoms with Gasteiger partial charge in [-0.15, -0.1) is 23.7 Å². The van der Waals surface area contributed by atoms with Crippen molar-refractivity contribution in [2.24, 2.45) is 23.5 Å². The summed E-state index contributed by atoms with van der Waals surface area (Å²) in [6.45, 7) is 0.656. The van der Waals surface area contributed by atoms with Crippen LogP contribution >= 0.6 is 23.7 Å². The van der Waals surface area contributed by atoms with Crippen molar-refractivity contribution < 1.29 is 9.59 Å². The zero-order valence-corrected chi connectivity index (χ0v) is 16.3. The lowest BCUT2D eigenvalue weighted by Gasteiger charge is -2.44. The predicted molar refractivity (Wildman–Crippen MR) is 103 cm³/mol. The number of amides is 2. The molecule has 0 spiro atoms. The molecular formula is C18H28ClN3O2S. The Hall–Kier alpha value is -1.11. The van der Waals surface area contributed by atoms with Crippen LogP contribution in [0.25, 0.3) is 0 Å². The molecule has 0 radical (unpaired) electrons. The van der Waals surface area contributed by atoms with Gasteiger partial charge in [-0.3, -0.25) is 9.59 Å². The first-order chi connectivity index (χ1) is 11.5. The Morgan fingerprint density at radius 3 is 2.60 bits per heavy atom. The van der Waals surface area contributed by atoms with Gasteiger partial charge in [0.15, 0.2) is 0 Å². The topological polar surface area (TPSA) is 75.4 Å². The first-order valence-electron chi connectivity index (χ1n) is 8.84. The second-order valence-electron chi connectivity index (χ2n) is 7.25. The molecule has 140 valence electrons. The summed E-state index contributed by atoms with van der Waals surface area (Å²) in [5, 5.41) is 4.87. The lowest BCUT2D eigenvalue weighted by molar-refractivity contribution is -0.140. The largest absolute Gasteiger partial charge is 0.350 e. The van der Waals surface area contributed by atoms with Gasteiger partial charge in [-0.1, -0.05) is 12.5 Å². The maximum absolute atomic E-state index is 12.7. The summed E-state index contributed by atoms with van der Waals surface area (Å²) < 4.78 is 0. The van der Waals surface area contributed by atoms with Crippen LogP contribution in [0.4, 0.5) is 0 Å². The van der Waals surface area contributed by atoms with Gasteiger partial charge < -0.3 is 16.0 Å². The predicted octanol–water partition coefficient (Wildman–Crippen LogP) is 2.40. The van der Waals surface area contributed by atoms with E-state index in [1.54, 1.807) is 23.3 Å². The third-order valence-electron chi connectivity index (χ3n) is 5.56. The average Bonchev–Trinajstić information content (AvgIpc) is 3.05. The van der Waals surface area contributed by atoms with Crippen molar-refractivity contribution >= 4 is 35.6 Å². The highest BCUT2D eigenvalue weighted by atomic mass is 35.5. The minimum Gasteiger partial charge on any atom is -0.350 e. The Morgan fingerprint density at radius 1 is 1.32 bits per heavy atom. The lowest BCUT2D eigenvalue weighted by Crippen LogP contribution is -2.50. The van der Waals surface area contributed by atoms with Gasteiger partial charge in [0, 0.05) is 23.9 Å². The Kier molecular flexibility index (Phi) is 7.28. The van der Waals surface area contributed by atoms with Gasteiger partial charge >= 0.3 is 0 Å². The normalized spacial score (nSPS) is 27.9. The summed E-state index contributed by atoms with van der Waals surface area (Å²) in [7, 11) is 1.73. The first-order valence-corrected chi connectivity index (χ1v) is 9.72. The van der Waals surface area contributed by atoms with Crippen molar-refractivity contribution in [1.29, 1.82) is 0 Å². The number of rotatable bonds is 5. The number of nitrogens with two attached hydrogens (primary N) is 1. The number of halogens is 1. The van der Waals surface area contributed by atoms with E-state index in [9.17, 15) is 9.59 Å². The Bertz CT molecular complexity index is 567. The summed E-state index contributed by atoms with van der Waals surface area (Å²) in [5.74, 6) is 0.993. The smallest absolute Gasteiger partial charge is 0.239 e. The van der Waals surface area contributed by atoms with E-state index in [4.69, 9.17) is 5.73 Å². The maximum atomic E-state index is 12.7. The van der Waals surface area contributed by atoms with Gasteiger partial charge in [0.2, 0.25) is 11.8 Å². The molecule has 2 bridgehead atoms. The molecule has 2 aliphatic carbocycles. The molecule has 25 heavy (non-hydrogen) atoms. The second-order valence-corrected chi connectivity index (χ2v) is 8.28. The zero-order chi connectivity index (χ0) is 17.1. The van der Waals surface area contributed by atoms with Gasteiger partial charge in [0.1, 0.15) is 0 Å². The van der Waals surface area contributed by atoms with E-state index in [0.717, 1.165) is 30.6 Å². The second kappa shape index (κ2) is 9.01. The van der Waals surface area contributed by atoms with Crippen LogP contribution in [0.3, 0.4) is 0 Å². The summed E-state index contributed by atoms with van der Waals surface area (Å²) in [6.07, 6.45) is 5.30. The number of hydrogen-bond donors (Lipinski definition) is 2. The molecule has 0 aliphatic heterocycles. The molecular weight excluding hydrogens is 358 g/mol. The monoisotopic (exact) mass is 385 g/mol. The molecule has 2 amide bonds. The van der Waals surface area contributed by atoms with E-state index >= 15 is 0 Å². The number of carbonyl (C=O) groups is 2. The number of likely N-dealkylation sites (N-methyl/N-ethyl adjacent to an activating group) is 1. The van der Waals surface area contributed by atoms with Crippen molar-refractivity contribution in [2.45, 2.75) is 44.7 Å². The zero-order valence-electron chi connectivity index (χ0n) is 14.6. The van der Waals surface area contributed by atoms with E-state index in [1.165, 1.54) is 6.42 Å². The SMILES string of the molecule is CN(CC(=O)NCc1cccs1)C(=O)C1CC2CCCC(C1)C2N.Cl. The van der Waals surface area contributed by atoms with Crippen LogP contribution in [-0.4, -0.2) is 36.3 Å². The van der Waals surface area contributed by atoms with Crippen molar-refractivity contribution in [3.8, 4) is 0 Å². The molecule has 2 unspecified atom stereocenters. The van der Waals surface area contributed by atoms with Gasteiger partial charge in [-0.2, -0.15) is 0 Å².